The Balaban J connectivity index is 1.46. The third-order valence-corrected chi connectivity index (χ3v) is 4.92. The van der Waals surface area contributed by atoms with Crippen molar-refractivity contribution in [1.29, 1.82) is 0 Å². The van der Waals surface area contributed by atoms with E-state index in [2.05, 4.69) is 37.1 Å². The van der Waals surface area contributed by atoms with Crippen molar-refractivity contribution >= 4 is 19.1 Å². The highest BCUT2D eigenvalue weighted by molar-refractivity contribution is 6.32. The molecule has 3 nitrogen and oxygen atoms in total. The van der Waals surface area contributed by atoms with Crippen LogP contribution in [-0.4, -0.2) is 18.6 Å². The summed E-state index contributed by atoms with van der Waals surface area (Å²) in [5.41, 5.74) is 4.95. The summed E-state index contributed by atoms with van der Waals surface area (Å²) in [5.74, 6) is 2.18. The van der Waals surface area contributed by atoms with Crippen LogP contribution >= 0.6 is 0 Å². The van der Waals surface area contributed by atoms with Crippen molar-refractivity contribution in [2.75, 3.05) is 0 Å². The smallest absolute Gasteiger partial charge is 0.213 e. The van der Waals surface area contributed by atoms with Crippen molar-refractivity contribution < 1.29 is 9.53 Å². The largest absolute Gasteiger partial charge is 0.473 e. The van der Waals surface area contributed by atoms with Crippen LogP contribution in [0.2, 0.25) is 0 Å². The number of rotatable bonds is 4. The van der Waals surface area contributed by atoms with Gasteiger partial charge in [-0.3, -0.25) is 4.79 Å². The summed E-state index contributed by atoms with van der Waals surface area (Å²) in [6.07, 6.45) is 2.90. The molecular weight excluding hydrogens is 273 g/mol. The molecule has 1 fully saturated rings. The van der Waals surface area contributed by atoms with Crippen LogP contribution in [0.15, 0.2) is 36.5 Å². The molecule has 110 valence electrons. The van der Waals surface area contributed by atoms with Crippen LogP contribution in [0.4, 0.5) is 0 Å². The molecule has 0 bridgehead atoms. The molecule has 0 amide bonds. The van der Waals surface area contributed by atoms with E-state index < -0.39 is 0 Å². The molecule has 0 unspecified atom stereocenters. The minimum absolute atomic E-state index is 0.244. The minimum Gasteiger partial charge on any atom is -0.473 e. The number of carbonyl (C=O) groups is 1. The number of carbonyl (C=O) groups excluding carboxylic acids is 1. The Morgan fingerprint density at radius 3 is 3.05 bits per heavy atom. The number of hydrogen-bond acceptors (Lipinski definition) is 3. The lowest BCUT2D eigenvalue weighted by atomic mass is 9.95. The van der Waals surface area contributed by atoms with E-state index in [0.717, 1.165) is 12.0 Å². The van der Waals surface area contributed by atoms with Crippen molar-refractivity contribution in [2.24, 2.45) is 11.8 Å². The van der Waals surface area contributed by atoms with Gasteiger partial charge < -0.3 is 4.74 Å². The summed E-state index contributed by atoms with van der Waals surface area (Å²) in [4.78, 5) is 16.0. The predicted octanol–water partition coefficient (Wildman–Crippen LogP) is 1.39. The summed E-state index contributed by atoms with van der Waals surface area (Å²) in [6.45, 7) is 2.24. The molecule has 2 aliphatic rings. The molecule has 1 saturated carbocycles. The number of nitrogens with zero attached hydrogens (tertiary/aromatic N) is 1. The molecule has 4 rings (SSSR count). The first-order valence-electron chi connectivity index (χ1n) is 7.81. The molecule has 1 aromatic carbocycles. The zero-order chi connectivity index (χ0) is 15.3. The maximum Gasteiger partial charge on any atom is 0.213 e. The van der Waals surface area contributed by atoms with Crippen LogP contribution in [0.5, 0.6) is 5.88 Å². The second-order valence-corrected chi connectivity index (χ2v) is 6.53. The molecule has 0 N–H and O–H groups in total. The normalized spacial score (nSPS) is 24.5. The van der Waals surface area contributed by atoms with Crippen LogP contribution in [0.25, 0.3) is 0 Å². The zero-order valence-electron chi connectivity index (χ0n) is 12.9. The second-order valence-electron chi connectivity index (χ2n) is 6.53. The Bertz CT molecular complexity index is 759. The topological polar surface area (TPSA) is 39.2 Å². The van der Waals surface area contributed by atoms with Crippen LogP contribution in [0.3, 0.4) is 0 Å². The standard InChI is InChI=1S/C18H18BNO2/c1-10(21)17-14-6-12-7-16(20-8-15(12)18(14)17)22-9-11-3-2-4-13(19)5-11/h2-5,7-8,14,17-18H,6,9,19H2,1H3/t14-,17-,18+/m0/s1. The van der Waals surface area contributed by atoms with Gasteiger partial charge in [-0.2, -0.15) is 0 Å². The number of aromatic nitrogens is 1. The maximum absolute atomic E-state index is 11.5. The van der Waals surface area contributed by atoms with Gasteiger partial charge in [-0.05, 0) is 41.9 Å². The van der Waals surface area contributed by atoms with E-state index in [9.17, 15) is 4.79 Å². The summed E-state index contributed by atoms with van der Waals surface area (Å²) >= 11 is 0. The van der Waals surface area contributed by atoms with Crippen LogP contribution in [0.1, 0.15) is 29.5 Å². The van der Waals surface area contributed by atoms with Gasteiger partial charge in [0.15, 0.2) is 0 Å². The molecule has 0 radical (unpaired) electrons. The van der Waals surface area contributed by atoms with Crippen molar-refractivity contribution in [3.63, 3.8) is 0 Å². The Labute approximate surface area is 131 Å². The van der Waals surface area contributed by atoms with E-state index in [1.165, 1.54) is 16.6 Å². The number of ketones is 1. The summed E-state index contributed by atoms with van der Waals surface area (Å²) in [6, 6.07) is 10.4. The van der Waals surface area contributed by atoms with Gasteiger partial charge in [0, 0.05) is 18.2 Å². The highest BCUT2D eigenvalue weighted by Gasteiger charge is 2.58. The van der Waals surface area contributed by atoms with Gasteiger partial charge in [-0.1, -0.05) is 29.7 Å². The van der Waals surface area contributed by atoms with Gasteiger partial charge in [0.25, 0.3) is 0 Å². The third kappa shape index (κ3) is 2.23. The van der Waals surface area contributed by atoms with E-state index in [-0.39, 0.29) is 5.92 Å². The van der Waals surface area contributed by atoms with E-state index in [4.69, 9.17) is 4.74 Å². The first-order valence-corrected chi connectivity index (χ1v) is 7.81. The minimum atomic E-state index is 0.244. The fourth-order valence-corrected chi connectivity index (χ4v) is 3.86. The van der Waals surface area contributed by atoms with Crippen molar-refractivity contribution in [2.45, 2.75) is 25.9 Å². The number of Topliss-reactive ketones (excluding diaryl/α,β-unsaturated/α-hetero) is 1. The highest BCUT2D eigenvalue weighted by Crippen LogP contribution is 2.61. The average Bonchev–Trinajstić information content (AvgIpc) is 3.09. The van der Waals surface area contributed by atoms with Crippen LogP contribution in [-0.2, 0) is 17.8 Å². The molecule has 0 aliphatic heterocycles. The Kier molecular flexibility index (Phi) is 3.07. The monoisotopic (exact) mass is 291 g/mol. The third-order valence-electron chi connectivity index (χ3n) is 4.92. The van der Waals surface area contributed by atoms with Gasteiger partial charge >= 0.3 is 0 Å². The number of pyridine rings is 1. The SMILES string of the molecule is Bc1cccc(COc2cc3c(cn2)[C@H]2[C@@H](C3)[C@@H]2C(C)=O)c1. The van der Waals surface area contributed by atoms with Gasteiger partial charge in [0.1, 0.15) is 20.2 Å². The summed E-state index contributed by atoms with van der Waals surface area (Å²) in [7, 11) is 2.08. The fourth-order valence-electron chi connectivity index (χ4n) is 3.86. The number of hydrogen-bond donors (Lipinski definition) is 0. The average molecular weight is 291 g/mol. The van der Waals surface area contributed by atoms with E-state index in [0.29, 0.717) is 30.1 Å². The number of benzene rings is 1. The van der Waals surface area contributed by atoms with Gasteiger partial charge in [0.2, 0.25) is 5.88 Å². The Morgan fingerprint density at radius 2 is 2.27 bits per heavy atom. The lowest BCUT2D eigenvalue weighted by Gasteiger charge is -2.10. The Morgan fingerprint density at radius 1 is 1.41 bits per heavy atom. The lowest BCUT2D eigenvalue weighted by Crippen LogP contribution is -2.06. The molecule has 4 heteroatoms. The molecule has 1 heterocycles. The second kappa shape index (κ2) is 4.97. The molecular formula is C18H18BNO2. The van der Waals surface area contributed by atoms with Crippen molar-refractivity contribution in [1.82, 2.24) is 4.98 Å². The Hall–Kier alpha value is -2.10. The lowest BCUT2D eigenvalue weighted by molar-refractivity contribution is -0.118. The molecule has 3 atom stereocenters. The molecule has 1 aromatic heterocycles. The van der Waals surface area contributed by atoms with Gasteiger partial charge in [0.05, 0.1) is 0 Å². The predicted molar refractivity (Wildman–Crippen MR) is 87.3 cm³/mol. The van der Waals surface area contributed by atoms with E-state index >= 15 is 0 Å². The first kappa shape index (κ1) is 13.6. The van der Waals surface area contributed by atoms with Crippen LogP contribution in [0, 0.1) is 11.8 Å². The van der Waals surface area contributed by atoms with E-state index in [1.807, 2.05) is 12.3 Å². The van der Waals surface area contributed by atoms with Gasteiger partial charge in [-0.25, -0.2) is 4.98 Å². The quantitative estimate of drug-likeness (QED) is 0.799. The fraction of sp³-hybridized carbons (Fsp3) is 0.333. The van der Waals surface area contributed by atoms with E-state index in [1.54, 1.807) is 6.92 Å². The zero-order valence-corrected chi connectivity index (χ0v) is 12.9. The first-order chi connectivity index (χ1) is 10.6. The van der Waals surface area contributed by atoms with Crippen molar-refractivity contribution in [3.8, 4) is 5.88 Å². The molecule has 22 heavy (non-hydrogen) atoms. The summed E-state index contributed by atoms with van der Waals surface area (Å²) < 4.78 is 5.82. The molecule has 2 aliphatic carbocycles. The van der Waals surface area contributed by atoms with Crippen molar-refractivity contribution in [3.05, 3.63) is 53.2 Å². The van der Waals surface area contributed by atoms with Gasteiger partial charge in [-0.15, -0.1) is 0 Å². The summed E-state index contributed by atoms with van der Waals surface area (Å²) in [5, 5.41) is 0. The number of fused-ring (bicyclic) bond motifs is 3. The number of ether oxygens (including phenoxy) is 1. The maximum atomic E-state index is 11.5. The molecule has 2 aromatic rings. The molecule has 0 saturated heterocycles. The highest BCUT2D eigenvalue weighted by atomic mass is 16.5. The molecule has 0 spiro atoms. The van der Waals surface area contributed by atoms with Crippen LogP contribution < -0.4 is 10.2 Å².